The molecule has 1 unspecified atom stereocenters. The van der Waals surface area contributed by atoms with Crippen LogP contribution in [0.15, 0.2) is 0 Å². The Morgan fingerprint density at radius 1 is 1.27 bits per heavy atom. The average Bonchev–Trinajstić information content (AvgIpc) is 2.15. The molecule has 0 saturated heterocycles. The van der Waals surface area contributed by atoms with Crippen molar-refractivity contribution in [3.8, 4) is 0 Å². The molecule has 15 heavy (non-hydrogen) atoms. The quantitative estimate of drug-likeness (QED) is 0.625. The highest BCUT2D eigenvalue weighted by Crippen LogP contribution is 2.04. The number of amides is 2. The van der Waals surface area contributed by atoms with Gasteiger partial charge < -0.3 is 11.1 Å². The molecule has 0 aliphatic rings. The zero-order chi connectivity index (χ0) is 11.8. The van der Waals surface area contributed by atoms with E-state index in [1.807, 2.05) is 0 Å². The molecule has 4 heteroatoms. The summed E-state index contributed by atoms with van der Waals surface area (Å²) in [6, 6.07) is -0.508. The van der Waals surface area contributed by atoms with E-state index in [0.29, 0.717) is 6.42 Å². The molecule has 0 fully saturated rings. The van der Waals surface area contributed by atoms with Crippen LogP contribution in [0.1, 0.15) is 46.5 Å². The summed E-state index contributed by atoms with van der Waals surface area (Å²) in [7, 11) is 0. The zero-order valence-corrected chi connectivity index (χ0v) is 9.88. The molecule has 4 nitrogen and oxygen atoms in total. The van der Waals surface area contributed by atoms with Gasteiger partial charge in [-0.05, 0) is 6.42 Å². The smallest absolute Gasteiger partial charge is 0.239 e. The molecule has 1 atom stereocenters. The molecule has 0 rings (SSSR count). The Morgan fingerprint density at radius 2 is 1.87 bits per heavy atom. The van der Waals surface area contributed by atoms with Crippen LogP contribution in [0.5, 0.6) is 0 Å². The van der Waals surface area contributed by atoms with Crippen molar-refractivity contribution in [1.82, 2.24) is 5.32 Å². The number of hydrogen-bond acceptors (Lipinski definition) is 2. The van der Waals surface area contributed by atoms with Gasteiger partial charge in [-0.2, -0.15) is 0 Å². The Balaban J connectivity index is 4.05. The summed E-state index contributed by atoms with van der Waals surface area (Å²) in [5.41, 5.74) is 5.21. The molecule has 0 aromatic carbocycles. The maximum atomic E-state index is 11.4. The van der Waals surface area contributed by atoms with Crippen LogP contribution in [0, 0.1) is 5.92 Å². The Morgan fingerprint density at radius 3 is 2.27 bits per heavy atom. The number of nitrogens with one attached hydrogen (secondary N) is 1. The first-order valence-electron chi connectivity index (χ1n) is 5.58. The third-order valence-electron chi connectivity index (χ3n) is 2.28. The summed E-state index contributed by atoms with van der Waals surface area (Å²) in [6.07, 6.45) is 3.70. The van der Waals surface area contributed by atoms with Gasteiger partial charge in [-0.1, -0.05) is 40.0 Å². The number of hydrogen-bond donors (Lipinski definition) is 2. The Kier molecular flexibility index (Phi) is 6.75. The topological polar surface area (TPSA) is 72.2 Å². The SMILES string of the molecule is CCCCCC(NC(=O)C(C)C)C(N)=O. The fourth-order valence-corrected chi connectivity index (χ4v) is 1.22. The van der Waals surface area contributed by atoms with Crippen molar-refractivity contribution in [3.05, 3.63) is 0 Å². The number of carbonyl (C=O) groups excluding carboxylic acids is 2. The van der Waals surface area contributed by atoms with E-state index in [4.69, 9.17) is 5.73 Å². The Labute approximate surface area is 91.6 Å². The third-order valence-corrected chi connectivity index (χ3v) is 2.28. The van der Waals surface area contributed by atoms with Crippen LogP contribution in [0.4, 0.5) is 0 Å². The van der Waals surface area contributed by atoms with E-state index in [1.54, 1.807) is 13.8 Å². The molecule has 0 bridgehead atoms. The van der Waals surface area contributed by atoms with Crippen molar-refractivity contribution in [2.24, 2.45) is 11.7 Å². The lowest BCUT2D eigenvalue weighted by atomic mass is 10.1. The highest BCUT2D eigenvalue weighted by atomic mass is 16.2. The van der Waals surface area contributed by atoms with Gasteiger partial charge in [0.25, 0.3) is 0 Å². The standard InChI is InChI=1S/C11H22N2O2/c1-4-5-6-7-9(10(12)14)13-11(15)8(2)3/h8-9H,4-7H2,1-3H3,(H2,12,14)(H,13,15). The van der Waals surface area contributed by atoms with Crippen molar-refractivity contribution in [3.63, 3.8) is 0 Å². The lowest BCUT2D eigenvalue weighted by Gasteiger charge is -2.16. The molecule has 2 amide bonds. The van der Waals surface area contributed by atoms with Crippen molar-refractivity contribution >= 4 is 11.8 Å². The molecule has 0 heterocycles. The Hall–Kier alpha value is -1.06. The van der Waals surface area contributed by atoms with Crippen LogP contribution < -0.4 is 11.1 Å². The molecule has 0 spiro atoms. The third kappa shape index (κ3) is 6.10. The second kappa shape index (κ2) is 7.26. The van der Waals surface area contributed by atoms with Gasteiger partial charge in [0.15, 0.2) is 0 Å². The van der Waals surface area contributed by atoms with Crippen LogP contribution in [-0.4, -0.2) is 17.9 Å². The number of nitrogens with two attached hydrogens (primary N) is 1. The van der Waals surface area contributed by atoms with Gasteiger partial charge in [-0.3, -0.25) is 9.59 Å². The largest absolute Gasteiger partial charge is 0.368 e. The first-order valence-corrected chi connectivity index (χ1v) is 5.58. The summed E-state index contributed by atoms with van der Waals surface area (Å²) in [4.78, 5) is 22.4. The van der Waals surface area contributed by atoms with Crippen LogP contribution in [0.3, 0.4) is 0 Å². The maximum absolute atomic E-state index is 11.4. The first kappa shape index (κ1) is 13.9. The highest BCUT2D eigenvalue weighted by molar-refractivity contribution is 5.87. The first-order chi connectivity index (χ1) is 6.99. The molecule has 0 radical (unpaired) electrons. The molecule has 0 aliphatic carbocycles. The molecular formula is C11H22N2O2. The minimum Gasteiger partial charge on any atom is -0.368 e. The van der Waals surface area contributed by atoms with Crippen LogP contribution in [-0.2, 0) is 9.59 Å². The lowest BCUT2D eigenvalue weighted by molar-refractivity contribution is -0.129. The number of rotatable bonds is 7. The molecule has 0 aromatic rings. The van der Waals surface area contributed by atoms with E-state index in [-0.39, 0.29) is 11.8 Å². The van der Waals surface area contributed by atoms with Crippen LogP contribution in [0.2, 0.25) is 0 Å². The summed E-state index contributed by atoms with van der Waals surface area (Å²) in [5, 5.41) is 2.66. The summed E-state index contributed by atoms with van der Waals surface area (Å²) >= 11 is 0. The van der Waals surface area contributed by atoms with Gasteiger partial charge >= 0.3 is 0 Å². The summed E-state index contributed by atoms with van der Waals surface area (Å²) in [5.74, 6) is -0.673. The minimum atomic E-state index is -0.508. The van der Waals surface area contributed by atoms with Crippen molar-refractivity contribution in [1.29, 1.82) is 0 Å². The van der Waals surface area contributed by atoms with E-state index in [1.165, 1.54) is 0 Å². The average molecular weight is 214 g/mol. The summed E-state index contributed by atoms with van der Waals surface area (Å²) in [6.45, 7) is 5.67. The normalized spacial score (nSPS) is 12.5. The molecule has 88 valence electrons. The van der Waals surface area contributed by atoms with Gasteiger partial charge in [0.1, 0.15) is 6.04 Å². The maximum Gasteiger partial charge on any atom is 0.239 e. The van der Waals surface area contributed by atoms with Gasteiger partial charge in [-0.25, -0.2) is 0 Å². The van der Waals surface area contributed by atoms with Gasteiger partial charge in [0.2, 0.25) is 11.8 Å². The molecule has 0 saturated carbocycles. The minimum absolute atomic E-state index is 0.113. The number of unbranched alkanes of at least 4 members (excludes halogenated alkanes) is 2. The zero-order valence-electron chi connectivity index (χ0n) is 9.88. The monoisotopic (exact) mass is 214 g/mol. The second-order valence-corrected chi connectivity index (χ2v) is 4.11. The molecule has 0 aliphatic heterocycles. The van der Waals surface area contributed by atoms with Crippen molar-refractivity contribution in [2.45, 2.75) is 52.5 Å². The Bertz CT molecular complexity index is 215. The predicted molar refractivity (Wildman–Crippen MR) is 60.1 cm³/mol. The van der Waals surface area contributed by atoms with E-state index < -0.39 is 11.9 Å². The van der Waals surface area contributed by atoms with Crippen molar-refractivity contribution < 1.29 is 9.59 Å². The fourth-order valence-electron chi connectivity index (χ4n) is 1.22. The van der Waals surface area contributed by atoms with Gasteiger partial charge in [0.05, 0.1) is 0 Å². The lowest BCUT2D eigenvalue weighted by Crippen LogP contribution is -2.45. The van der Waals surface area contributed by atoms with Crippen molar-refractivity contribution in [2.75, 3.05) is 0 Å². The van der Waals surface area contributed by atoms with Gasteiger partial charge in [0, 0.05) is 5.92 Å². The van der Waals surface area contributed by atoms with E-state index in [9.17, 15) is 9.59 Å². The molecule has 0 aromatic heterocycles. The highest BCUT2D eigenvalue weighted by Gasteiger charge is 2.18. The van der Waals surface area contributed by atoms with Crippen LogP contribution >= 0.6 is 0 Å². The fraction of sp³-hybridized carbons (Fsp3) is 0.818. The van der Waals surface area contributed by atoms with Gasteiger partial charge in [-0.15, -0.1) is 0 Å². The van der Waals surface area contributed by atoms with E-state index >= 15 is 0 Å². The molecular weight excluding hydrogens is 192 g/mol. The number of primary amides is 1. The van der Waals surface area contributed by atoms with E-state index in [2.05, 4.69) is 12.2 Å². The molecule has 3 N–H and O–H groups in total. The van der Waals surface area contributed by atoms with E-state index in [0.717, 1.165) is 19.3 Å². The van der Waals surface area contributed by atoms with Crippen LogP contribution in [0.25, 0.3) is 0 Å². The second-order valence-electron chi connectivity index (χ2n) is 4.11. The predicted octanol–water partition coefficient (Wildman–Crippen LogP) is 1.19. The summed E-state index contributed by atoms with van der Waals surface area (Å²) < 4.78 is 0. The number of carbonyl (C=O) groups is 2.